The summed E-state index contributed by atoms with van der Waals surface area (Å²) in [6.07, 6.45) is -0.555. The fourth-order valence-electron chi connectivity index (χ4n) is 3.34. The number of hydrogen-bond acceptors (Lipinski definition) is 5. The number of hydrogen-bond donors (Lipinski definition) is 2. The Kier molecular flexibility index (Phi) is 7.98. The summed E-state index contributed by atoms with van der Waals surface area (Å²) in [7, 11) is 0. The number of alkyl carbamates (subject to hydrolysis) is 1. The zero-order chi connectivity index (χ0) is 20.1. The summed E-state index contributed by atoms with van der Waals surface area (Å²) in [5.41, 5.74) is -0.576. The van der Waals surface area contributed by atoms with Crippen molar-refractivity contribution in [1.82, 2.24) is 10.2 Å². The minimum atomic E-state index is -0.576. The first-order valence-electron chi connectivity index (χ1n) is 9.77. The fraction of sp³-hybridized carbons (Fsp3) is 0.600. The molecular weight excluding hydrogens is 398 g/mol. The van der Waals surface area contributed by atoms with Crippen molar-refractivity contribution in [3.63, 3.8) is 0 Å². The molecule has 29 heavy (non-hydrogen) atoms. The Morgan fingerprint density at radius 2 is 1.86 bits per heavy atom. The number of carbonyl (C=O) groups is 2. The topological polar surface area (TPSA) is 81.5 Å². The maximum Gasteiger partial charge on any atom is 0.408 e. The summed E-state index contributed by atoms with van der Waals surface area (Å²) in [6, 6.07) is 7.70. The number of nitrogens with zero attached hydrogens (tertiary/aromatic N) is 1. The Morgan fingerprint density at radius 3 is 2.52 bits per heavy atom. The zero-order valence-corrected chi connectivity index (χ0v) is 18.0. The highest BCUT2D eigenvalue weighted by atomic mass is 35.5. The second-order valence-electron chi connectivity index (χ2n) is 8.19. The van der Waals surface area contributed by atoms with Gasteiger partial charge in [-0.1, -0.05) is 12.1 Å². The van der Waals surface area contributed by atoms with Crippen LogP contribution >= 0.6 is 0 Å². The second kappa shape index (κ2) is 10.0. The Hall–Kier alpha value is -2.19. The number of carbonyl (C=O) groups excluding carboxylic acids is 2. The van der Waals surface area contributed by atoms with Gasteiger partial charge in [-0.3, -0.25) is 4.79 Å². The maximum absolute atomic E-state index is 12.3. The summed E-state index contributed by atoms with van der Waals surface area (Å²) in [5.74, 6) is 1.50. The monoisotopic (exact) mass is 427 g/mol. The van der Waals surface area contributed by atoms with Gasteiger partial charge in [-0.15, -0.1) is 0 Å². The molecule has 1 fully saturated rings. The highest BCUT2D eigenvalue weighted by Crippen LogP contribution is 2.30. The second-order valence-corrected chi connectivity index (χ2v) is 8.19. The lowest BCUT2D eigenvalue weighted by atomic mass is 10.2. The molecule has 1 atom stereocenters. The molecule has 0 spiro atoms. The van der Waals surface area contributed by atoms with Crippen LogP contribution in [0.2, 0.25) is 0 Å². The van der Waals surface area contributed by atoms with Gasteiger partial charge in [0.25, 0.3) is 0 Å². The van der Waals surface area contributed by atoms with E-state index in [1.165, 1.54) is 4.90 Å². The van der Waals surface area contributed by atoms with Gasteiger partial charge in [0, 0.05) is 0 Å². The average molecular weight is 428 g/mol. The molecule has 0 radical (unpaired) electrons. The SMILES string of the molecule is CC(C)(C)OC(=O)NCC(=O)N1CC[NH+](CC2COc3ccccc3O2)CC1.[Cl-]. The van der Waals surface area contributed by atoms with E-state index < -0.39 is 11.7 Å². The van der Waals surface area contributed by atoms with Crippen LogP contribution in [0.15, 0.2) is 24.3 Å². The van der Waals surface area contributed by atoms with Gasteiger partial charge in [0.15, 0.2) is 17.6 Å². The van der Waals surface area contributed by atoms with E-state index in [2.05, 4.69) is 5.32 Å². The van der Waals surface area contributed by atoms with Gasteiger partial charge < -0.3 is 41.7 Å². The van der Waals surface area contributed by atoms with E-state index >= 15 is 0 Å². The van der Waals surface area contributed by atoms with Gasteiger partial charge in [-0.25, -0.2) is 4.79 Å². The molecule has 2 aliphatic rings. The molecule has 2 N–H and O–H groups in total. The lowest BCUT2D eigenvalue weighted by Crippen LogP contribution is -3.16. The average Bonchev–Trinajstić information content (AvgIpc) is 2.65. The molecule has 9 heteroatoms. The number of fused-ring (bicyclic) bond motifs is 1. The molecular formula is C20H30ClN3O5. The molecule has 2 amide bonds. The number of ether oxygens (including phenoxy) is 3. The van der Waals surface area contributed by atoms with Crippen molar-refractivity contribution in [2.75, 3.05) is 45.9 Å². The molecule has 1 aromatic rings. The summed E-state index contributed by atoms with van der Waals surface area (Å²) in [6.45, 7) is 9.72. The minimum absolute atomic E-state index is 0. The standard InChI is InChI=1S/C20H29N3O5.ClH/c1-20(2,3)28-19(25)21-12-18(24)23-10-8-22(9-11-23)13-15-14-26-16-6-4-5-7-17(16)27-15;/h4-7,15H,8-14H2,1-3H3,(H,21,25);1H. The molecule has 1 aromatic carbocycles. The smallest absolute Gasteiger partial charge is 0.408 e. The molecule has 1 saturated heterocycles. The largest absolute Gasteiger partial charge is 1.00 e. The number of amides is 2. The summed E-state index contributed by atoms with van der Waals surface area (Å²) < 4.78 is 16.9. The van der Waals surface area contributed by atoms with E-state index in [1.54, 1.807) is 25.7 Å². The molecule has 162 valence electrons. The van der Waals surface area contributed by atoms with Crippen LogP contribution in [-0.2, 0) is 9.53 Å². The highest BCUT2D eigenvalue weighted by Gasteiger charge is 2.29. The number of rotatable bonds is 4. The van der Waals surface area contributed by atoms with Crippen molar-refractivity contribution in [2.24, 2.45) is 0 Å². The lowest BCUT2D eigenvalue weighted by Gasteiger charge is -2.35. The molecule has 0 bridgehead atoms. The van der Waals surface area contributed by atoms with Crippen molar-refractivity contribution in [3.05, 3.63) is 24.3 Å². The number of para-hydroxylation sites is 2. The van der Waals surface area contributed by atoms with Crippen LogP contribution in [0.3, 0.4) is 0 Å². The van der Waals surface area contributed by atoms with Crippen LogP contribution in [0, 0.1) is 0 Å². The molecule has 0 aliphatic carbocycles. The molecule has 3 rings (SSSR count). The van der Waals surface area contributed by atoms with Gasteiger partial charge >= 0.3 is 6.09 Å². The minimum Gasteiger partial charge on any atom is -1.00 e. The number of halogens is 1. The maximum atomic E-state index is 12.3. The molecule has 2 heterocycles. The van der Waals surface area contributed by atoms with Crippen LogP contribution in [0.25, 0.3) is 0 Å². The molecule has 2 aliphatic heterocycles. The van der Waals surface area contributed by atoms with E-state index in [9.17, 15) is 9.59 Å². The van der Waals surface area contributed by atoms with Crippen molar-refractivity contribution >= 4 is 12.0 Å². The van der Waals surface area contributed by atoms with Crippen LogP contribution < -0.4 is 32.1 Å². The summed E-state index contributed by atoms with van der Waals surface area (Å²) >= 11 is 0. The van der Waals surface area contributed by atoms with Crippen LogP contribution in [0.5, 0.6) is 11.5 Å². The van der Waals surface area contributed by atoms with E-state index in [-0.39, 0.29) is 31.0 Å². The normalized spacial score (nSPS) is 19.1. The highest BCUT2D eigenvalue weighted by molar-refractivity contribution is 5.82. The first-order chi connectivity index (χ1) is 13.3. The van der Waals surface area contributed by atoms with Crippen molar-refractivity contribution in [3.8, 4) is 11.5 Å². The quantitative estimate of drug-likeness (QED) is 0.538. The number of piperazine rings is 1. The van der Waals surface area contributed by atoms with E-state index in [4.69, 9.17) is 14.2 Å². The Morgan fingerprint density at radius 1 is 1.21 bits per heavy atom. The van der Waals surface area contributed by atoms with Gasteiger partial charge in [-0.2, -0.15) is 0 Å². The number of quaternary nitrogens is 1. The van der Waals surface area contributed by atoms with Crippen molar-refractivity contribution in [2.45, 2.75) is 32.5 Å². The number of nitrogens with one attached hydrogen (secondary N) is 2. The fourth-order valence-corrected chi connectivity index (χ4v) is 3.34. The van der Waals surface area contributed by atoms with Gasteiger partial charge in [-0.05, 0) is 32.9 Å². The Labute approximate surface area is 177 Å². The molecule has 8 nitrogen and oxygen atoms in total. The van der Waals surface area contributed by atoms with Crippen LogP contribution in [0.4, 0.5) is 4.79 Å². The third-order valence-electron chi connectivity index (χ3n) is 4.69. The molecule has 0 aromatic heterocycles. The third-order valence-corrected chi connectivity index (χ3v) is 4.69. The van der Waals surface area contributed by atoms with Gasteiger partial charge in [0.2, 0.25) is 5.91 Å². The molecule has 0 saturated carbocycles. The first-order valence-corrected chi connectivity index (χ1v) is 9.77. The Bertz CT molecular complexity index is 702. The van der Waals surface area contributed by atoms with Crippen molar-refractivity contribution < 1.29 is 41.1 Å². The van der Waals surface area contributed by atoms with E-state index in [0.717, 1.165) is 31.1 Å². The van der Waals surface area contributed by atoms with Crippen LogP contribution in [-0.4, -0.2) is 74.5 Å². The zero-order valence-electron chi connectivity index (χ0n) is 17.2. The predicted molar refractivity (Wildman–Crippen MR) is 103 cm³/mol. The van der Waals surface area contributed by atoms with Crippen LogP contribution in [0.1, 0.15) is 20.8 Å². The first kappa shape index (κ1) is 23.1. The summed E-state index contributed by atoms with van der Waals surface area (Å²) in [4.78, 5) is 27.1. The lowest BCUT2D eigenvalue weighted by molar-refractivity contribution is -0.906. The third kappa shape index (κ3) is 6.97. The predicted octanol–water partition coefficient (Wildman–Crippen LogP) is -2.92. The summed E-state index contributed by atoms with van der Waals surface area (Å²) in [5, 5.41) is 2.53. The van der Waals surface area contributed by atoms with Crippen molar-refractivity contribution in [1.29, 1.82) is 0 Å². The van der Waals surface area contributed by atoms with Gasteiger partial charge in [0.05, 0.1) is 26.2 Å². The van der Waals surface area contributed by atoms with E-state index in [0.29, 0.717) is 19.7 Å². The number of benzene rings is 1. The molecule has 1 unspecified atom stereocenters. The van der Waals surface area contributed by atoms with Gasteiger partial charge in [0.1, 0.15) is 25.3 Å². The Balaban J connectivity index is 0.00000300. The van der Waals surface area contributed by atoms with E-state index in [1.807, 2.05) is 24.3 Å².